The van der Waals surface area contributed by atoms with Gasteiger partial charge in [-0.15, -0.1) is 0 Å². The predicted octanol–water partition coefficient (Wildman–Crippen LogP) is 0.631. The zero-order chi connectivity index (χ0) is 10.4. The quantitative estimate of drug-likeness (QED) is 0.657. The Morgan fingerprint density at radius 2 is 2.43 bits per heavy atom. The van der Waals surface area contributed by atoms with Crippen molar-refractivity contribution in [3.05, 3.63) is 0 Å². The van der Waals surface area contributed by atoms with Crippen molar-refractivity contribution in [3.8, 4) is 11.8 Å². The molecule has 1 saturated heterocycles. The number of carbonyl (C=O) groups is 1. The Labute approximate surface area is 85.1 Å². The van der Waals surface area contributed by atoms with Crippen LogP contribution >= 0.6 is 0 Å². The van der Waals surface area contributed by atoms with Gasteiger partial charge in [-0.3, -0.25) is 4.79 Å². The van der Waals surface area contributed by atoms with E-state index in [9.17, 15) is 4.79 Å². The lowest BCUT2D eigenvalue weighted by Gasteiger charge is -2.31. The van der Waals surface area contributed by atoms with Crippen LogP contribution in [0.25, 0.3) is 0 Å². The topological polar surface area (TPSA) is 40.5 Å². The standard InChI is InChI=1S/C11H17NO2/c1-2-4-11(14)12-7-3-5-10(9-12)6-8-13/h10,13H,3,5-9H2,1H3. The lowest BCUT2D eigenvalue weighted by Crippen LogP contribution is -2.39. The second-order valence-corrected chi connectivity index (χ2v) is 3.65. The summed E-state index contributed by atoms with van der Waals surface area (Å²) in [6.07, 6.45) is 2.94. The first-order valence-electron chi connectivity index (χ1n) is 5.10. The van der Waals surface area contributed by atoms with E-state index in [4.69, 9.17) is 5.11 Å². The second-order valence-electron chi connectivity index (χ2n) is 3.65. The van der Waals surface area contributed by atoms with Crippen molar-refractivity contribution in [1.82, 2.24) is 4.90 Å². The highest BCUT2D eigenvalue weighted by Crippen LogP contribution is 2.18. The number of nitrogens with zero attached hydrogens (tertiary/aromatic N) is 1. The van der Waals surface area contributed by atoms with Crippen LogP contribution in [0, 0.1) is 17.8 Å². The summed E-state index contributed by atoms with van der Waals surface area (Å²) in [5.74, 6) is 5.55. The molecule has 0 aromatic heterocycles. The first-order chi connectivity index (χ1) is 6.77. The number of rotatable bonds is 2. The molecule has 1 aliphatic rings. The molecule has 0 spiro atoms. The van der Waals surface area contributed by atoms with Gasteiger partial charge in [0.25, 0.3) is 5.91 Å². The van der Waals surface area contributed by atoms with Crippen LogP contribution in [-0.4, -0.2) is 35.6 Å². The van der Waals surface area contributed by atoms with Crippen molar-refractivity contribution in [2.75, 3.05) is 19.7 Å². The third-order valence-corrected chi connectivity index (χ3v) is 2.58. The highest BCUT2D eigenvalue weighted by Gasteiger charge is 2.21. The summed E-state index contributed by atoms with van der Waals surface area (Å²) in [5, 5.41) is 8.82. The van der Waals surface area contributed by atoms with Crippen LogP contribution in [0.2, 0.25) is 0 Å². The highest BCUT2D eigenvalue weighted by atomic mass is 16.3. The van der Waals surface area contributed by atoms with Crippen LogP contribution in [0.1, 0.15) is 26.2 Å². The summed E-state index contributed by atoms with van der Waals surface area (Å²) in [6.45, 7) is 3.46. The summed E-state index contributed by atoms with van der Waals surface area (Å²) in [7, 11) is 0. The molecule has 1 rings (SSSR count). The Balaban J connectivity index is 2.45. The van der Waals surface area contributed by atoms with Crippen molar-refractivity contribution >= 4 is 5.91 Å². The van der Waals surface area contributed by atoms with Crippen molar-refractivity contribution in [2.45, 2.75) is 26.2 Å². The van der Waals surface area contributed by atoms with Crippen molar-refractivity contribution in [3.63, 3.8) is 0 Å². The number of aliphatic hydroxyl groups excluding tert-OH is 1. The largest absolute Gasteiger partial charge is 0.396 e. The molecule has 0 aromatic carbocycles. The van der Waals surface area contributed by atoms with E-state index < -0.39 is 0 Å². The van der Waals surface area contributed by atoms with Crippen LogP contribution in [-0.2, 0) is 4.79 Å². The maximum absolute atomic E-state index is 11.4. The van der Waals surface area contributed by atoms with Crippen LogP contribution in [0.15, 0.2) is 0 Å². The Morgan fingerprint density at radius 1 is 1.64 bits per heavy atom. The van der Waals surface area contributed by atoms with Gasteiger partial charge in [0, 0.05) is 19.7 Å². The van der Waals surface area contributed by atoms with Crippen LogP contribution < -0.4 is 0 Å². The number of hydrogen-bond donors (Lipinski definition) is 1. The predicted molar refractivity (Wildman–Crippen MR) is 54.5 cm³/mol. The molecular formula is C11H17NO2. The fourth-order valence-corrected chi connectivity index (χ4v) is 1.85. The van der Waals surface area contributed by atoms with Gasteiger partial charge >= 0.3 is 0 Å². The monoisotopic (exact) mass is 195 g/mol. The SMILES string of the molecule is CC#CC(=O)N1CCCC(CCO)C1. The van der Waals surface area contributed by atoms with Crippen molar-refractivity contribution in [2.24, 2.45) is 5.92 Å². The molecule has 3 nitrogen and oxygen atoms in total. The first kappa shape index (κ1) is 11.1. The van der Waals surface area contributed by atoms with Gasteiger partial charge in [-0.25, -0.2) is 0 Å². The molecule has 1 aliphatic heterocycles. The third kappa shape index (κ3) is 3.04. The number of amides is 1. The number of piperidine rings is 1. The fraction of sp³-hybridized carbons (Fsp3) is 0.727. The number of hydrogen-bond acceptors (Lipinski definition) is 2. The van der Waals surface area contributed by atoms with Gasteiger partial charge in [0.1, 0.15) is 0 Å². The van der Waals surface area contributed by atoms with Gasteiger partial charge in [0.15, 0.2) is 0 Å². The number of aliphatic hydroxyl groups is 1. The van der Waals surface area contributed by atoms with E-state index in [1.54, 1.807) is 11.8 Å². The maximum atomic E-state index is 11.4. The number of likely N-dealkylation sites (tertiary alicyclic amines) is 1. The Morgan fingerprint density at radius 3 is 3.07 bits per heavy atom. The smallest absolute Gasteiger partial charge is 0.298 e. The van der Waals surface area contributed by atoms with Crippen molar-refractivity contribution in [1.29, 1.82) is 0 Å². The maximum Gasteiger partial charge on any atom is 0.298 e. The Hall–Kier alpha value is -1.01. The van der Waals surface area contributed by atoms with Gasteiger partial charge in [-0.1, -0.05) is 5.92 Å². The fourth-order valence-electron chi connectivity index (χ4n) is 1.85. The molecule has 1 amide bonds. The minimum atomic E-state index is -0.0739. The van der Waals surface area contributed by atoms with Crippen molar-refractivity contribution < 1.29 is 9.90 Å². The van der Waals surface area contributed by atoms with Gasteiger partial charge in [-0.05, 0) is 38.0 Å². The molecule has 3 heteroatoms. The molecule has 0 aromatic rings. The van der Waals surface area contributed by atoms with Crippen LogP contribution in [0.3, 0.4) is 0 Å². The summed E-state index contributed by atoms with van der Waals surface area (Å²) in [6, 6.07) is 0. The Bertz CT molecular complexity index is 250. The first-order valence-corrected chi connectivity index (χ1v) is 5.10. The van der Waals surface area contributed by atoms with E-state index >= 15 is 0 Å². The third-order valence-electron chi connectivity index (χ3n) is 2.58. The molecule has 1 N–H and O–H groups in total. The molecule has 78 valence electrons. The summed E-state index contributed by atoms with van der Waals surface area (Å²) in [4.78, 5) is 13.2. The summed E-state index contributed by atoms with van der Waals surface area (Å²) < 4.78 is 0. The minimum Gasteiger partial charge on any atom is -0.396 e. The highest BCUT2D eigenvalue weighted by molar-refractivity contribution is 5.93. The number of carbonyl (C=O) groups excluding carboxylic acids is 1. The molecule has 14 heavy (non-hydrogen) atoms. The van der Waals surface area contributed by atoms with E-state index in [2.05, 4.69) is 11.8 Å². The normalized spacial score (nSPS) is 21.3. The van der Waals surface area contributed by atoms with Gasteiger partial charge in [0.2, 0.25) is 0 Å². The van der Waals surface area contributed by atoms with Gasteiger partial charge < -0.3 is 10.0 Å². The minimum absolute atomic E-state index is 0.0739. The lowest BCUT2D eigenvalue weighted by atomic mass is 9.95. The molecule has 1 unspecified atom stereocenters. The molecule has 0 aliphatic carbocycles. The van der Waals surface area contributed by atoms with E-state index in [1.807, 2.05) is 0 Å². The zero-order valence-corrected chi connectivity index (χ0v) is 8.62. The van der Waals surface area contributed by atoms with E-state index in [-0.39, 0.29) is 12.5 Å². The van der Waals surface area contributed by atoms with E-state index in [0.717, 1.165) is 32.4 Å². The molecule has 1 atom stereocenters. The van der Waals surface area contributed by atoms with Gasteiger partial charge in [0.05, 0.1) is 0 Å². The van der Waals surface area contributed by atoms with Crippen LogP contribution in [0.5, 0.6) is 0 Å². The average molecular weight is 195 g/mol. The molecule has 1 fully saturated rings. The average Bonchev–Trinajstić information content (AvgIpc) is 2.19. The summed E-state index contributed by atoms with van der Waals surface area (Å²) in [5.41, 5.74) is 0. The molecule has 0 saturated carbocycles. The molecule has 0 radical (unpaired) electrons. The lowest BCUT2D eigenvalue weighted by molar-refractivity contribution is -0.126. The second kappa shape index (κ2) is 5.66. The Kier molecular flexibility index (Phi) is 4.48. The molecule has 1 heterocycles. The summed E-state index contributed by atoms with van der Waals surface area (Å²) >= 11 is 0. The van der Waals surface area contributed by atoms with Gasteiger partial charge in [-0.2, -0.15) is 0 Å². The molecule has 0 bridgehead atoms. The van der Waals surface area contributed by atoms with E-state index in [0.29, 0.717) is 5.92 Å². The van der Waals surface area contributed by atoms with E-state index in [1.165, 1.54) is 0 Å². The van der Waals surface area contributed by atoms with Crippen LogP contribution in [0.4, 0.5) is 0 Å². The zero-order valence-electron chi connectivity index (χ0n) is 8.62. The molecular weight excluding hydrogens is 178 g/mol.